The van der Waals surface area contributed by atoms with Gasteiger partial charge in [0.15, 0.2) is 0 Å². The van der Waals surface area contributed by atoms with Crippen molar-refractivity contribution in [2.45, 2.75) is 19.8 Å². The molecule has 0 saturated carbocycles. The smallest absolute Gasteiger partial charge is 0.264 e. The van der Waals surface area contributed by atoms with Crippen molar-refractivity contribution in [3.05, 3.63) is 52.2 Å². The monoisotopic (exact) mass is 220 g/mol. The van der Waals surface area contributed by atoms with Crippen molar-refractivity contribution >= 4 is 0 Å². The first-order valence-electron chi connectivity index (χ1n) is 5.16. The fourth-order valence-corrected chi connectivity index (χ4v) is 1.66. The molecule has 1 aromatic carbocycles. The maximum absolute atomic E-state index is 13.1. The number of hydrogen-bond acceptors (Lipinski definition) is 1. The molecule has 4 heteroatoms. The summed E-state index contributed by atoms with van der Waals surface area (Å²) >= 11 is 0. The molecule has 0 aliphatic carbocycles. The summed E-state index contributed by atoms with van der Waals surface area (Å²) in [6, 6.07) is 7.68. The molecule has 0 bridgehead atoms. The minimum Gasteiger partial charge on any atom is -0.268 e. The summed E-state index contributed by atoms with van der Waals surface area (Å²) in [6.07, 6.45) is 0. The SMILES string of the molecule is CC(C)c1cc(=O)[nH]n1-c1cccc(F)c1. The number of nitrogens with one attached hydrogen (secondary N) is 1. The number of nitrogens with zero attached hydrogens (tertiary/aromatic N) is 1. The van der Waals surface area contributed by atoms with Crippen LogP contribution in [0.3, 0.4) is 0 Å². The van der Waals surface area contributed by atoms with E-state index in [1.54, 1.807) is 16.8 Å². The molecule has 0 atom stereocenters. The molecule has 0 fully saturated rings. The Morgan fingerprint density at radius 1 is 1.31 bits per heavy atom. The Balaban J connectivity index is 2.59. The molecule has 0 amide bonds. The second-order valence-electron chi connectivity index (χ2n) is 4.02. The van der Waals surface area contributed by atoms with E-state index in [9.17, 15) is 9.18 Å². The average Bonchev–Trinajstić information content (AvgIpc) is 2.60. The highest BCUT2D eigenvalue weighted by Gasteiger charge is 2.10. The third-order valence-corrected chi connectivity index (χ3v) is 2.42. The molecule has 1 aromatic heterocycles. The molecule has 16 heavy (non-hydrogen) atoms. The van der Waals surface area contributed by atoms with Gasteiger partial charge in [0.2, 0.25) is 0 Å². The Kier molecular flexibility index (Phi) is 2.64. The van der Waals surface area contributed by atoms with Crippen LogP contribution < -0.4 is 5.56 Å². The molecule has 84 valence electrons. The van der Waals surface area contributed by atoms with Crippen LogP contribution in [0.15, 0.2) is 35.1 Å². The second kappa shape index (κ2) is 3.96. The van der Waals surface area contributed by atoms with Crippen LogP contribution in [0, 0.1) is 5.82 Å². The van der Waals surface area contributed by atoms with E-state index in [2.05, 4.69) is 5.10 Å². The van der Waals surface area contributed by atoms with Crippen LogP contribution in [0.2, 0.25) is 0 Å². The van der Waals surface area contributed by atoms with Gasteiger partial charge in [-0.3, -0.25) is 14.6 Å². The second-order valence-corrected chi connectivity index (χ2v) is 4.02. The van der Waals surface area contributed by atoms with E-state index in [0.29, 0.717) is 5.69 Å². The topological polar surface area (TPSA) is 37.8 Å². The molecule has 0 saturated heterocycles. The Labute approximate surface area is 92.5 Å². The van der Waals surface area contributed by atoms with Crippen molar-refractivity contribution < 1.29 is 4.39 Å². The minimum absolute atomic E-state index is 0.173. The number of aromatic nitrogens is 2. The number of aromatic amines is 1. The Bertz CT molecular complexity index is 554. The standard InChI is InChI=1S/C12H13FN2O/c1-8(2)11-7-12(16)14-15(11)10-5-3-4-9(13)6-10/h3-8H,1-2H3,(H,14,16). The lowest BCUT2D eigenvalue weighted by Gasteiger charge is -2.10. The maximum Gasteiger partial charge on any atom is 0.264 e. The van der Waals surface area contributed by atoms with E-state index in [4.69, 9.17) is 0 Å². The van der Waals surface area contributed by atoms with Gasteiger partial charge in [-0.25, -0.2) is 4.39 Å². The largest absolute Gasteiger partial charge is 0.268 e. The van der Waals surface area contributed by atoms with Gasteiger partial charge in [0.1, 0.15) is 5.82 Å². The number of rotatable bonds is 2. The third-order valence-electron chi connectivity index (χ3n) is 2.42. The Morgan fingerprint density at radius 2 is 2.06 bits per heavy atom. The van der Waals surface area contributed by atoms with Crippen molar-refractivity contribution in [3.8, 4) is 5.69 Å². The van der Waals surface area contributed by atoms with Crippen molar-refractivity contribution in [1.29, 1.82) is 0 Å². The maximum atomic E-state index is 13.1. The molecule has 1 N–H and O–H groups in total. The summed E-state index contributed by atoms with van der Waals surface area (Å²) in [4.78, 5) is 11.3. The summed E-state index contributed by atoms with van der Waals surface area (Å²) in [5, 5.41) is 2.66. The van der Waals surface area contributed by atoms with Gasteiger partial charge < -0.3 is 0 Å². The lowest BCUT2D eigenvalue weighted by Crippen LogP contribution is -2.06. The van der Waals surface area contributed by atoms with Gasteiger partial charge in [-0.05, 0) is 24.1 Å². The first-order valence-corrected chi connectivity index (χ1v) is 5.16. The van der Waals surface area contributed by atoms with Crippen LogP contribution >= 0.6 is 0 Å². The molecular formula is C12H13FN2O. The lowest BCUT2D eigenvalue weighted by molar-refractivity contribution is 0.623. The van der Waals surface area contributed by atoms with Gasteiger partial charge in [0, 0.05) is 11.8 Å². The number of hydrogen-bond donors (Lipinski definition) is 1. The van der Waals surface area contributed by atoms with E-state index < -0.39 is 0 Å². The summed E-state index contributed by atoms with van der Waals surface area (Å²) in [6.45, 7) is 3.97. The highest BCUT2D eigenvalue weighted by molar-refractivity contribution is 5.33. The number of halogens is 1. The third kappa shape index (κ3) is 1.91. The van der Waals surface area contributed by atoms with Gasteiger partial charge >= 0.3 is 0 Å². The molecule has 1 heterocycles. The summed E-state index contributed by atoms with van der Waals surface area (Å²) in [7, 11) is 0. The van der Waals surface area contributed by atoms with E-state index in [0.717, 1.165) is 5.69 Å². The van der Waals surface area contributed by atoms with Gasteiger partial charge in [0.05, 0.1) is 5.69 Å². The molecule has 0 radical (unpaired) electrons. The van der Waals surface area contributed by atoms with Crippen LogP contribution in [-0.4, -0.2) is 9.78 Å². The van der Waals surface area contributed by atoms with Crippen molar-refractivity contribution in [2.75, 3.05) is 0 Å². The minimum atomic E-state index is -0.318. The number of H-pyrrole nitrogens is 1. The zero-order valence-electron chi connectivity index (χ0n) is 9.20. The fraction of sp³-hybridized carbons (Fsp3) is 0.250. The Morgan fingerprint density at radius 3 is 2.69 bits per heavy atom. The van der Waals surface area contributed by atoms with E-state index in [1.807, 2.05) is 13.8 Å². The highest BCUT2D eigenvalue weighted by Crippen LogP contribution is 2.17. The summed E-state index contributed by atoms with van der Waals surface area (Å²) in [5.74, 6) is -0.121. The van der Waals surface area contributed by atoms with Crippen LogP contribution in [-0.2, 0) is 0 Å². The van der Waals surface area contributed by atoms with E-state index >= 15 is 0 Å². The first kappa shape index (κ1) is 10.7. The molecule has 0 spiro atoms. The van der Waals surface area contributed by atoms with Crippen LogP contribution in [0.1, 0.15) is 25.5 Å². The fourth-order valence-electron chi connectivity index (χ4n) is 1.66. The van der Waals surface area contributed by atoms with Gasteiger partial charge in [-0.1, -0.05) is 19.9 Å². The zero-order valence-corrected chi connectivity index (χ0v) is 9.20. The predicted octanol–water partition coefficient (Wildman–Crippen LogP) is 2.43. The Hall–Kier alpha value is -1.84. The zero-order chi connectivity index (χ0) is 11.7. The molecular weight excluding hydrogens is 207 g/mol. The average molecular weight is 220 g/mol. The van der Waals surface area contributed by atoms with E-state index in [-0.39, 0.29) is 17.3 Å². The summed E-state index contributed by atoms with van der Waals surface area (Å²) in [5.41, 5.74) is 1.30. The van der Waals surface area contributed by atoms with Crippen molar-refractivity contribution in [3.63, 3.8) is 0 Å². The summed E-state index contributed by atoms with van der Waals surface area (Å²) < 4.78 is 14.7. The normalized spacial score (nSPS) is 11.0. The van der Waals surface area contributed by atoms with Gasteiger partial charge in [-0.2, -0.15) is 0 Å². The lowest BCUT2D eigenvalue weighted by atomic mass is 10.1. The predicted molar refractivity (Wildman–Crippen MR) is 60.4 cm³/mol. The quantitative estimate of drug-likeness (QED) is 0.829. The molecule has 3 nitrogen and oxygen atoms in total. The number of benzene rings is 1. The van der Waals surface area contributed by atoms with Crippen LogP contribution in [0.25, 0.3) is 5.69 Å². The van der Waals surface area contributed by atoms with E-state index in [1.165, 1.54) is 18.2 Å². The van der Waals surface area contributed by atoms with Crippen LogP contribution in [0.5, 0.6) is 0 Å². The van der Waals surface area contributed by atoms with Crippen LogP contribution in [0.4, 0.5) is 4.39 Å². The molecule has 0 unspecified atom stereocenters. The molecule has 0 aliphatic heterocycles. The molecule has 0 aliphatic rings. The van der Waals surface area contributed by atoms with Crippen molar-refractivity contribution in [1.82, 2.24) is 9.78 Å². The molecule has 2 aromatic rings. The first-order chi connectivity index (χ1) is 7.58. The van der Waals surface area contributed by atoms with Crippen molar-refractivity contribution in [2.24, 2.45) is 0 Å². The van der Waals surface area contributed by atoms with Gasteiger partial charge in [0.25, 0.3) is 5.56 Å². The van der Waals surface area contributed by atoms with Gasteiger partial charge in [-0.15, -0.1) is 0 Å². The highest BCUT2D eigenvalue weighted by atomic mass is 19.1. The molecule has 2 rings (SSSR count).